The number of nitrogens with zero attached hydrogens (tertiary/aromatic N) is 2. The first-order chi connectivity index (χ1) is 12.5. The van der Waals surface area contributed by atoms with Crippen LogP contribution in [0.3, 0.4) is 0 Å². The van der Waals surface area contributed by atoms with Gasteiger partial charge in [-0.15, -0.1) is 0 Å². The van der Waals surface area contributed by atoms with Crippen LogP contribution in [-0.4, -0.2) is 66.2 Å². The fourth-order valence-electron chi connectivity index (χ4n) is 3.22. The molecule has 0 bridgehead atoms. The Hall–Kier alpha value is -2.61. The molecule has 8 heteroatoms. The standard InChI is InChI=1S/C18H22N2O6/c1-12-18(24)20(14-4-2-3-5-15(14)26-12)7-6-16(21)19-8-9-25-13(11-19)10-17(22)23/h2-5,12-13H,6-11H2,1H3,(H,22,23). The number of fused-ring (bicyclic) bond motifs is 1. The zero-order valence-electron chi connectivity index (χ0n) is 14.6. The fraction of sp³-hybridized carbons (Fsp3) is 0.500. The summed E-state index contributed by atoms with van der Waals surface area (Å²) >= 11 is 0. The van der Waals surface area contributed by atoms with Crippen molar-refractivity contribution in [2.75, 3.05) is 31.1 Å². The van der Waals surface area contributed by atoms with Gasteiger partial charge in [0.25, 0.3) is 5.91 Å². The number of aliphatic carboxylic acids is 1. The number of anilines is 1. The second-order valence-corrected chi connectivity index (χ2v) is 6.40. The SMILES string of the molecule is CC1Oc2ccccc2N(CCC(=O)N2CCOC(CC(=O)O)C2)C1=O. The van der Waals surface area contributed by atoms with Crippen LogP contribution in [0.15, 0.2) is 24.3 Å². The first-order valence-corrected chi connectivity index (χ1v) is 8.64. The molecular weight excluding hydrogens is 340 g/mol. The zero-order chi connectivity index (χ0) is 18.7. The van der Waals surface area contributed by atoms with Crippen LogP contribution in [0.4, 0.5) is 5.69 Å². The Kier molecular flexibility index (Phi) is 5.41. The lowest BCUT2D eigenvalue weighted by Crippen LogP contribution is -2.49. The topological polar surface area (TPSA) is 96.4 Å². The fourth-order valence-corrected chi connectivity index (χ4v) is 3.22. The minimum absolute atomic E-state index is 0.117. The van der Waals surface area contributed by atoms with Gasteiger partial charge in [0.2, 0.25) is 5.91 Å². The molecule has 1 N–H and O–H groups in total. The molecule has 3 rings (SSSR count). The number of hydrogen-bond donors (Lipinski definition) is 1. The molecule has 8 nitrogen and oxygen atoms in total. The smallest absolute Gasteiger partial charge is 0.306 e. The Morgan fingerprint density at radius 2 is 2.08 bits per heavy atom. The molecule has 0 radical (unpaired) electrons. The van der Waals surface area contributed by atoms with Crippen molar-refractivity contribution in [2.45, 2.75) is 32.0 Å². The summed E-state index contributed by atoms with van der Waals surface area (Å²) in [6, 6.07) is 7.24. The normalized spacial score (nSPS) is 22.6. The monoisotopic (exact) mass is 362 g/mol. The van der Waals surface area contributed by atoms with E-state index in [-0.39, 0.29) is 37.7 Å². The second kappa shape index (κ2) is 7.74. The van der Waals surface area contributed by atoms with E-state index in [1.165, 1.54) is 0 Å². The Bertz CT molecular complexity index is 707. The lowest BCUT2D eigenvalue weighted by Gasteiger charge is -2.35. The number of para-hydroxylation sites is 2. The summed E-state index contributed by atoms with van der Waals surface area (Å²) in [5.74, 6) is -0.621. The molecule has 0 spiro atoms. The molecular formula is C18H22N2O6. The molecule has 2 aliphatic heterocycles. The van der Waals surface area contributed by atoms with E-state index in [1.807, 2.05) is 12.1 Å². The van der Waals surface area contributed by atoms with Crippen molar-refractivity contribution in [3.8, 4) is 5.75 Å². The quantitative estimate of drug-likeness (QED) is 0.836. The molecule has 0 saturated carbocycles. The number of carbonyl (C=O) groups excluding carboxylic acids is 2. The number of hydrogen-bond acceptors (Lipinski definition) is 5. The Balaban J connectivity index is 1.62. The van der Waals surface area contributed by atoms with Gasteiger partial charge in [-0.3, -0.25) is 14.4 Å². The van der Waals surface area contributed by atoms with Gasteiger partial charge in [0, 0.05) is 26.1 Å². The maximum atomic E-state index is 12.5. The molecule has 2 unspecified atom stereocenters. The first-order valence-electron chi connectivity index (χ1n) is 8.64. The zero-order valence-corrected chi connectivity index (χ0v) is 14.6. The van der Waals surface area contributed by atoms with Crippen LogP contribution < -0.4 is 9.64 Å². The van der Waals surface area contributed by atoms with Crippen LogP contribution in [0.1, 0.15) is 19.8 Å². The van der Waals surface area contributed by atoms with Gasteiger partial charge in [-0.1, -0.05) is 12.1 Å². The van der Waals surface area contributed by atoms with E-state index < -0.39 is 18.2 Å². The number of rotatable bonds is 5. The van der Waals surface area contributed by atoms with Gasteiger partial charge in [-0.25, -0.2) is 0 Å². The predicted molar refractivity (Wildman–Crippen MR) is 92.1 cm³/mol. The van der Waals surface area contributed by atoms with Crippen molar-refractivity contribution in [3.05, 3.63) is 24.3 Å². The van der Waals surface area contributed by atoms with Crippen LogP contribution in [0.5, 0.6) is 5.75 Å². The Morgan fingerprint density at radius 3 is 2.85 bits per heavy atom. The van der Waals surface area contributed by atoms with Crippen LogP contribution in [-0.2, 0) is 19.1 Å². The third kappa shape index (κ3) is 3.96. The summed E-state index contributed by atoms with van der Waals surface area (Å²) in [6.45, 7) is 2.95. The Morgan fingerprint density at radius 1 is 1.31 bits per heavy atom. The molecule has 26 heavy (non-hydrogen) atoms. The highest BCUT2D eigenvalue weighted by Gasteiger charge is 2.32. The van der Waals surface area contributed by atoms with E-state index in [9.17, 15) is 14.4 Å². The van der Waals surface area contributed by atoms with Crippen molar-refractivity contribution in [2.24, 2.45) is 0 Å². The minimum atomic E-state index is -0.950. The highest BCUT2D eigenvalue weighted by Crippen LogP contribution is 2.33. The summed E-state index contributed by atoms with van der Waals surface area (Å²) in [7, 11) is 0. The molecule has 1 aromatic carbocycles. The summed E-state index contributed by atoms with van der Waals surface area (Å²) < 4.78 is 11.0. The number of amides is 2. The second-order valence-electron chi connectivity index (χ2n) is 6.40. The van der Waals surface area contributed by atoms with Gasteiger partial charge in [-0.2, -0.15) is 0 Å². The van der Waals surface area contributed by atoms with Gasteiger partial charge in [0.15, 0.2) is 6.10 Å². The van der Waals surface area contributed by atoms with Crippen LogP contribution in [0, 0.1) is 0 Å². The summed E-state index contributed by atoms with van der Waals surface area (Å²) in [4.78, 5) is 39.0. The van der Waals surface area contributed by atoms with E-state index in [2.05, 4.69) is 0 Å². The lowest BCUT2D eigenvalue weighted by atomic mass is 10.1. The van der Waals surface area contributed by atoms with Gasteiger partial charge in [0.05, 0.1) is 24.8 Å². The van der Waals surface area contributed by atoms with Gasteiger partial charge >= 0.3 is 5.97 Å². The van der Waals surface area contributed by atoms with E-state index in [1.54, 1.807) is 28.9 Å². The molecule has 140 valence electrons. The molecule has 2 atom stereocenters. The van der Waals surface area contributed by atoms with Crippen molar-refractivity contribution < 1.29 is 29.0 Å². The molecule has 2 aliphatic rings. The molecule has 1 saturated heterocycles. The summed E-state index contributed by atoms with van der Waals surface area (Å²) in [6.07, 6.45) is -1.05. The van der Waals surface area contributed by atoms with E-state index in [0.29, 0.717) is 24.6 Å². The highest BCUT2D eigenvalue weighted by molar-refractivity contribution is 6.00. The number of benzene rings is 1. The third-order valence-electron chi connectivity index (χ3n) is 4.52. The van der Waals surface area contributed by atoms with Crippen molar-refractivity contribution in [1.82, 2.24) is 4.90 Å². The highest BCUT2D eigenvalue weighted by atomic mass is 16.5. The number of ether oxygens (including phenoxy) is 2. The van der Waals surface area contributed by atoms with Gasteiger partial charge in [0.1, 0.15) is 5.75 Å². The van der Waals surface area contributed by atoms with E-state index in [4.69, 9.17) is 14.6 Å². The van der Waals surface area contributed by atoms with Crippen molar-refractivity contribution in [1.29, 1.82) is 0 Å². The molecule has 1 fully saturated rings. The number of carbonyl (C=O) groups is 3. The van der Waals surface area contributed by atoms with Crippen LogP contribution >= 0.6 is 0 Å². The number of carboxylic acid groups (broad SMARTS) is 1. The average Bonchev–Trinajstić information content (AvgIpc) is 2.61. The average molecular weight is 362 g/mol. The van der Waals surface area contributed by atoms with Gasteiger partial charge in [-0.05, 0) is 19.1 Å². The molecule has 0 aromatic heterocycles. The molecule has 2 heterocycles. The number of morpholine rings is 1. The van der Waals surface area contributed by atoms with E-state index >= 15 is 0 Å². The summed E-state index contributed by atoms with van der Waals surface area (Å²) in [5.41, 5.74) is 0.661. The van der Waals surface area contributed by atoms with Crippen LogP contribution in [0.25, 0.3) is 0 Å². The third-order valence-corrected chi connectivity index (χ3v) is 4.52. The molecule has 0 aliphatic carbocycles. The minimum Gasteiger partial charge on any atom is -0.481 e. The Labute approximate surface area is 151 Å². The lowest BCUT2D eigenvalue weighted by molar-refractivity contribution is -0.147. The van der Waals surface area contributed by atoms with E-state index in [0.717, 1.165) is 0 Å². The molecule has 2 amide bonds. The van der Waals surface area contributed by atoms with Crippen molar-refractivity contribution >= 4 is 23.5 Å². The number of carboxylic acids is 1. The first kappa shape index (κ1) is 18.2. The largest absolute Gasteiger partial charge is 0.481 e. The maximum absolute atomic E-state index is 12.5. The maximum Gasteiger partial charge on any atom is 0.306 e. The van der Waals surface area contributed by atoms with Crippen LogP contribution in [0.2, 0.25) is 0 Å². The predicted octanol–water partition coefficient (Wildman–Crippen LogP) is 0.893. The molecule has 1 aromatic rings. The summed E-state index contributed by atoms with van der Waals surface area (Å²) in [5, 5.41) is 8.87. The van der Waals surface area contributed by atoms with Crippen molar-refractivity contribution in [3.63, 3.8) is 0 Å². The van der Waals surface area contributed by atoms with Gasteiger partial charge < -0.3 is 24.4 Å².